The lowest BCUT2D eigenvalue weighted by Crippen LogP contribution is -2.37. The van der Waals surface area contributed by atoms with E-state index in [-0.39, 0.29) is 24.3 Å². The topological polar surface area (TPSA) is 74.0 Å². The van der Waals surface area contributed by atoms with Gasteiger partial charge in [0.2, 0.25) is 0 Å². The molecule has 1 aromatic carbocycles. The Hall–Kier alpha value is -2.25. The molecule has 1 amide bonds. The maximum atomic E-state index is 12.5. The normalized spacial score (nSPS) is 16.8. The summed E-state index contributed by atoms with van der Waals surface area (Å²) in [7, 11) is 3.30. The molecule has 0 N–H and O–H groups in total. The molecule has 1 aliphatic heterocycles. The molecule has 8 heteroatoms. The molecule has 0 spiro atoms. The number of carbonyl (C=O) groups is 1. The fraction of sp³-hybridized carbons (Fsp3) is 0.474. The van der Waals surface area contributed by atoms with Gasteiger partial charge in [0.05, 0.1) is 18.2 Å². The van der Waals surface area contributed by atoms with Crippen LogP contribution in [0.25, 0.3) is 0 Å². The van der Waals surface area contributed by atoms with Crippen LogP contribution < -0.4 is 9.47 Å². The number of aromatic nitrogens is 1. The van der Waals surface area contributed by atoms with Crippen LogP contribution in [-0.2, 0) is 11.3 Å². The Bertz CT molecular complexity index is 773. The fourth-order valence-corrected chi connectivity index (χ4v) is 3.12. The summed E-state index contributed by atoms with van der Waals surface area (Å²) in [5.74, 6) is 1.37. The first kappa shape index (κ1) is 19.5. The zero-order chi connectivity index (χ0) is 19.2. The van der Waals surface area contributed by atoms with Gasteiger partial charge in [0.1, 0.15) is 18.1 Å². The van der Waals surface area contributed by atoms with Crippen molar-refractivity contribution in [3.8, 4) is 11.5 Å². The quantitative estimate of drug-likeness (QED) is 0.714. The maximum absolute atomic E-state index is 12.5. The van der Waals surface area contributed by atoms with Crippen molar-refractivity contribution in [2.24, 2.45) is 0 Å². The van der Waals surface area contributed by atoms with E-state index in [4.69, 9.17) is 30.3 Å². The highest BCUT2D eigenvalue weighted by atomic mass is 35.5. The van der Waals surface area contributed by atoms with Crippen molar-refractivity contribution in [1.82, 2.24) is 10.1 Å². The fourth-order valence-electron chi connectivity index (χ4n) is 2.89. The molecule has 0 bridgehead atoms. The molecule has 1 aromatic heterocycles. The molecule has 0 aliphatic carbocycles. The Kier molecular flexibility index (Phi) is 6.58. The van der Waals surface area contributed by atoms with Gasteiger partial charge in [0.25, 0.3) is 5.91 Å². The Labute approximate surface area is 163 Å². The highest BCUT2D eigenvalue weighted by molar-refractivity contribution is 6.32. The van der Waals surface area contributed by atoms with Gasteiger partial charge in [-0.05, 0) is 31.4 Å². The number of likely N-dealkylation sites (N-methyl/N-ethyl adjacent to an activating group) is 1. The predicted octanol–water partition coefficient (Wildman–Crippen LogP) is 3.56. The number of ether oxygens (including phenoxy) is 3. The number of halogens is 1. The molecule has 1 aliphatic rings. The molecule has 146 valence electrons. The SMILES string of the molecule is COc1ccc(OCc2cc(C(=O)N(C)C[C@@H]3CCCCO3)no2)c(Cl)c1. The lowest BCUT2D eigenvalue weighted by atomic mass is 10.1. The van der Waals surface area contributed by atoms with Gasteiger partial charge in [-0.15, -0.1) is 0 Å². The summed E-state index contributed by atoms with van der Waals surface area (Å²) in [6, 6.07) is 6.70. The molecule has 0 saturated carbocycles. The first-order valence-corrected chi connectivity index (χ1v) is 9.23. The van der Waals surface area contributed by atoms with E-state index in [9.17, 15) is 4.79 Å². The smallest absolute Gasteiger partial charge is 0.275 e. The number of nitrogens with zero attached hydrogens (tertiary/aromatic N) is 2. The number of rotatable bonds is 7. The van der Waals surface area contributed by atoms with E-state index in [1.807, 2.05) is 0 Å². The van der Waals surface area contributed by atoms with Crippen LogP contribution in [0.15, 0.2) is 28.8 Å². The molecule has 7 nitrogen and oxygen atoms in total. The molecule has 2 aromatic rings. The van der Waals surface area contributed by atoms with E-state index in [0.717, 1.165) is 25.9 Å². The summed E-state index contributed by atoms with van der Waals surface area (Å²) >= 11 is 6.14. The summed E-state index contributed by atoms with van der Waals surface area (Å²) in [4.78, 5) is 14.1. The standard InChI is InChI=1S/C19H23ClN2O5/c1-22(11-14-5-3-4-8-25-14)19(23)17-10-15(27-21-17)12-26-18-7-6-13(24-2)9-16(18)20/h6-7,9-10,14H,3-5,8,11-12H2,1-2H3/t14-/m0/s1. The average molecular weight is 395 g/mol. The minimum Gasteiger partial charge on any atom is -0.497 e. The summed E-state index contributed by atoms with van der Waals surface area (Å²) in [5.41, 5.74) is 0.243. The third-order valence-electron chi connectivity index (χ3n) is 4.39. The number of hydrogen-bond donors (Lipinski definition) is 0. The monoisotopic (exact) mass is 394 g/mol. The predicted molar refractivity (Wildman–Crippen MR) is 99.4 cm³/mol. The maximum Gasteiger partial charge on any atom is 0.275 e. The van der Waals surface area contributed by atoms with E-state index in [0.29, 0.717) is 28.8 Å². The Morgan fingerprint density at radius 2 is 2.22 bits per heavy atom. The van der Waals surface area contributed by atoms with Crippen molar-refractivity contribution in [1.29, 1.82) is 0 Å². The van der Waals surface area contributed by atoms with Crippen molar-refractivity contribution in [3.05, 3.63) is 40.7 Å². The lowest BCUT2D eigenvalue weighted by molar-refractivity contribution is -0.000360. The molecule has 0 radical (unpaired) electrons. The van der Waals surface area contributed by atoms with Crippen LogP contribution in [0.3, 0.4) is 0 Å². The summed E-state index contributed by atoms with van der Waals surface area (Å²) in [6.45, 7) is 1.41. The molecule has 1 saturated heterocycles. The molecular weight excluding hydrogens is 372 g/mol. The minimum absolute atomic E-state index is 0.0830. The average Bonchev–Trinajstić information content (AvgIpc) is 3.16. The number of methoxy groups -OCH3 is 1. The summed E-state index contributed by atoms with van der Waals surface area (Å²) in [5, 5.41) is 4.28. The van der Waals surface area contributed by atoms with Gasteiger partial charge in [-0.25, -0.2) is 0 Å². The lowest BCUT2D eigenvalue weighted by Gasteiger charge is -2.26. The van der Waals surface area contributed by atoms with Crippen molar-refractivity contribution in [2.45, 2.75) is 32.0 Å². The minimum atomic E-state index is -0.207. The van der Waals surface area contributed by atoms with Crippen molar-refractivity contribution < 1.29 is 23.5 Å². The number of hydrogen-bond acceptors (Lipinski definition) is 6. The number of benzene rings is 1. The van der Waals surface area contributed by atoms with Crippen molar-refractivity contribution >= 4 is 17.5 Å². The van der Waals surface area contributed by atoms with Crippen molar-refractivity contribution in [2.75, 3.05) is 27.3 Å². The second-order valence-corrected chi connectivity index (χ2v) is 6.84. The van der Waals surface area contributed by atoms with Crippen LogP contribution in [0.2, 0.25) is 5.02 Å². The van der Waals surface area contributed by atoms with Gasteiger partial charge in [-0.3, -0.25) is 4.79 Å². The first-order chi connectivity index (χ1) is 13.1. The molecule has 1 fully saturated rings. The zero-order valence-electron chi connectivity index (χ0n) is 15.4. The highest BCUT2D eigenvalue weighted by Crippen LogP contribution is 2.29. The summed E-state index contributed by atoms with van der Waals surface area (Å²) in [6.07, 6.45) is 3.27. The van der Waals surface area contributed by atoms with E-state index in [1.165, 1.54) is 0 Å². The van der Waals surface area contributed by atoms with Gasteiger partial charge in [0, 0.05) is 32.3 Å². The van der Waals surface area contributed by atoms with Gasteiger partial charge in [0.15, 0.2) is 11.5 Å². The molecular formula is C19H23ClN2O5. The van der Waals surface area contributed by atoms with Crippen LogP contribution in [0.5, 0.6) is 11.5 Å². The third kappa shape index (κ3) is 5.14. The van der Waals surface area contributed by atoms with E-state index in [2.05, 4.69) is 5.16 Å². The van der Waals surface area contributed by atoms with Crippen LogP contribution >= 0.6 is 11.6 Å². The molecule has 3 rings (SSSR count). The Morgan fingerprint density at radius 3 is 2.93 bits per heavy atom. The number of carbonyl (C=O) groups excluding carboxylic acids is 1. The van der Waals surface area contributed by atoms with Gasteiger partial charge >= 0.3 is 0 Å². The van der Waals surface area contributed by atoms with Crippen LogP contribution in [0.1, 0.15) is 35.5 Å². The van der Waals surface area contributed by atoms with E-state index in [1.54, 1.807) is 43.3 Å². The Balaban J connectivity index is 1.55. The van der Waals surface area contributed by atoms with Crippen molar-refractivity contribution in [3.63, 3.8) is 0 Å². The van der Waals surface area contributed by atoms with Gasteiger partial charge in [-0.1, -0.05) is 16.8 Å². The molecule has 0 unspecified atom stereocenters. The van der Waals surface area contributed by atoms with Crippen LogP contribution in [-0.4, -0.2) is 49.4 Å². The third-order valence-corrected chi connectivity index (χ3v) is 4.68. The number of amides is 1. The largest absolute Gasteiger partial charge is 0.497 e. The molecule has 27 heavy (non-hydrogen) atoms. The second kappa shape index (κ2) is 9.10. The molecule has 2 heterocycles. The second-order valence-electron chi connectivity index (χ2n) is 6.44. The van der Waals surface area contributed by atoms with Crippen LogP contribution in [0.4, 0.5) is 0 Å². The van der Waals surface area contributed by atoms with E-state index >= 15 is 0 Å². The van der Waals surface area contributed by atoms with Gasteiger partial charge < -0.3 is 23.6 Å². The van der Waals surface area contributed by atoms with Crippen LogP contribution in [0, 0.1) is 0 Å². The van der Waals surface area contributed by atoms with E-state index < -0.39 is 0 Å². The Morgan fingerprint density at radius 1 is 1.37 bits per heavy atom. The van der Waals surface area contributed by atoms with Gasteiger partial charge in [-0.2, -0.15) is 0 Å². The highest BCUT2D eigenvalue weighted by Gasteiger charge is 2.22. The molecule has 1 atom stereocenters. The zero-order valence-corrected chi connectivity index (χ0v) is 16.2. The summed E-state index contributed by atoms with van der Waals surface area (Å²) < 4.78 is 21.6. The first-order valence-electron chi connectivity index (χ1n) is 8.86.